The summed E-state index contributed by atoms with van der Waals surface area (Å²) in [6.45, 7) is 2.09. The molecule has 1 aliphatic rings. The minimum atomic E-state index is -0.218. The molecule has 0 bridgehead atoms. The molecule has 4 heteroatoms. The molecule has 0 amide bonds. The van der Waals surface area contributed by atoms with Crippen molar-refractivity contribution < 1.29 is 0 Å². The van der Waals surface area contributed by atoms with Crippen molar-refractivity contribution in [2.45, 2.75) is 80.3 Å². The van der Waals surface area contributed by atoms with E-state index in [2.05, 4.69) is 6.92 Å². The Morgan fingerprint density at radius 2 is 1.68 bits per heavy atom. The Hall–Kier alpha value is 1.16. The molecule has 114 valence electrons. The molecule has 0 spiro atoms. The zero-order valence-corrected chi connectivity index (χ0v) is 14.8. The van der Waals surface area contributed by atoms with E-state index in [1.54, 1.807) is 0 Å². The highest BCUT2D eigenvalue weighted by Crippen LogP contribution is 2.34. The van der Waals surface area contributed by atoms with Crippen LogP contribution in [0.2, 0.25) is 0 Å². The Morgan fingerprint density at radius 1 is 1.00 bits per heavy atom. The van der Waals surface area contributed by atoms with Gasteiger partial charge in [-0.2, -0.15) is 0 Å². The highest BCUT2D eigenvalue weighted by molar-refractivity contribution is 6.25. The molecule has 0 aromatic carbocycles. The van der Waals surface area contributed by atoms with E-state index in [1.807, 2.05) is 0 Å². The third kappa shape index (κ3) is 8.24. The molecule has 19 heavy (non-hydrogen) atoms. The second-order valence-electron chi connectivity index (χ2n) is 6.24. The fourth-order valence-corrected chi connectivity index (χ4v) is 4.35. The van der Waals surface area contributed by atoms with Gasteiger partial charge in [0.15, 0.2) is 0 Å². The maximum absolute atomic E-state index is 6.57. The molecular weight excluding hydrogens is 322 g/mol. The van der Waals surface area contributed by atoms with Gasteiger partial charge in [0.2, 0.25) is 0 Å². The molecule has 0 aromatic heterocycles. The van der Waals surface area contributed by atoms with Gasteiger partial charge in [-0.3, -0.25) is 0 Å². The summed E-state index contributed by atoms with van der Waals surface area (Å²) >= 11 is 25.4. The molecule has 0 nitrogen and oxygen atoms in total. The predicted molar refractivity (Wildman–Crippen MR) is 89.3 cm³/mol. The zero-order valence-electron chi connectivity index (χ0n) is 11.8. The van der Waals surface area contributed by atoms with Gasteiger partial charge < -0.3 is 0 Å². The minimum Gasteiger partial charge on any atom is -0.126 e. The Balaban J connectivity index is 2.56. The topological polar surface area (TPSA) is 0 Å². The van der Waals surface area contributed by atoms with Crippen LogP contribution in [-0.4, -0.2) is 21.5 Å². The van der Waals surface area contributed by atoms with E-state index in [1.165, 1.54) is 25.7 Å². The lowest BCUT2D eigenvalue weighted by Crippen LogP contribution is -2.23. The molecule has 1 rings (SSSR count). The summed E-state index contributed by atoms with van der Waals surface area (Å²) in [4.78, 5) is -0.218. The normalized spacial score (nSPS) is 39.9. The van der Waals surface area contributed by atoms with E-state index in [9.17, 15) is 0 Å². The molecule has 0 aliphatic heterocycles. The number of halogens is 4. The van der Waals surface area contributed by atoms with Crippen molar-refractivity contribution in [2.75, 3.05) is 5.88 Å². The monoisotopic (exact) mass is 346 g/mol. The maximum Gasteiger partial charge on any atom is 0.0433 e. The summed E-state index contributed by atoms with van der Waals surface area (Å²) in [7, 11) is 0. The van der Waals surface area contributed by atoms with E-state index >= 15 is 0 Å². The van der Waals surface area contributed by atoms with Crippen molar-refractivity contribution in [3.05, 3.63) is 0 Å². The third-order valence-electron chi connectivity index (χ3n) is 4.06. The molecule has 0 saturated heterocycles. The molecule has 0 aromatic rings. The van der Waals surface area contributed by atoms with Crippen molar-refractivity contribution in [1.82, 2.24) is 0 Å². The van der Waals surface area contributed by atoms with Crippen LogP contribution in [0.25, 0.3) is 0 Å². The molecule has 0 N–H and O–H groups in total. The van der Waals surface area contributed by atoms with Gasteiger partial charge in [0.25, 0.3) is 0 Å². The predicted octanol–water partition coefficient (Wildman–Crippen LogP) is 6.58. The van der Waals surface area contributed by atoms with E-state index < -0.39 is 0 Å². The van der Waals surface area contributed by atoms with Gasteiger partial charge in [-0.05, 0) is 51.4 Å². The molecule has 0 radical (unpaired) electrons. The number of rotatable bonds is 1. The fraction of sp³-hybridized carbons (Fsp3) is 1.00. The Labute approximate surface area is 138 Å². The Kier molecular flexibility index (Phi) is 8.85. The summed E-state index contributed by atoms with van der Waals surface area (Å²) in [5, 5.41) is 0.386. The molecule has 4 atom stereocenters. The van der Waals surface area contributed by atoms with Crippen LogP contribution < -0.4 is 0 Å². The lowest BCUT2D eigenvalue weighted by molar-refractivity contribution is 0.437. The van der Waals surface area contributed by atoms with Crippen molar-refractivity contribution in [3.63, 3.8) is 0 Å². The summed E-state index contributed by atoms with van der Waals surface area (Å²) < 4.78 is 0. The van der Waals surface area contributed by atoms with Crippen LogP contribution in [-0.2, 0) is 0 Å². The highest BCUT2D eigenvalue weighted by Gasteiger charge is 2.26. The van der Waals surface area contributed by atoms with Gasteiger partial charge in [0.05, 0.1) is 0 Å². The highest BCUT2D eigenvalue weighted by atomic mass is 35.5. The van der Waals surface area contributed by atoms with Crippen molar-refractivity contribution in [2.24, 2.45) is 5.92 Å². The van der Waals surface area contributed by atoms with Crippen LogP contribution in [0.5, 0.6) is 0 Å². The first-order chi connectivity index (χ1) is 8.93. The van der Waals surface area contributed by atoms with Crippen LogP contribution >= 0.6 is 46.4 Å². The van der Waals surface area contributed by atoms with E-state index in [0.717, 1.165) is 38.0 Å². The Morgan fingerprint density at radius 3 is 2.37 bits per heavy atom. The molecule has 3 unspecified atom stereocenters. The number of hydrogen-bond acceptors (Lipinski definition) is 0. The first-order valence-electron chi connectivity index (χ1n) is 7.46. The molecule has 0 heterocycles. The second-order valence-corrected chi connectivity index (χ2v) is 8.70. The minimum absolute atomic E-state index is 0.191. The van der Waals surface area contributed by atoms with Crippen LogP contribution in [0.1, 0.15) is 64.7 Å². The number of alkyl halides is 4. The van der Waals surface area contributed by atoms with Crippen LogP contribution in [0, 0.1) is 5.92 Å². The van der Waals surface area contributed by atoms with Crippen LogP contribution in [0.3, 0.4) is 0 Å². The summed E-state index contributed by atoms with van der Waals surface area (Å²) in [5.41, 5.74) is 0. The standard InChI is InChI=1S/C15H26Cl4/c1-15(19)8-7-13(17)9-12(11-16)5-3-2-4-6-14(18)10-15/h12-14H,2-11H2,1H3/t12?,13?,14?,15-/m1/s1. The van der Waals surface area contributed by atoms with E-state index in [0.29, 0.717) is 5.92 Å². The zero-order chi connectivity index (χ0) is 14.3. The van der Waals surface area contributed by atoms with Gasteiger partial charge in [-0.15, -0.1) is 46.4 Å². The first-order valence-corrected chi connectivity index (χ1v) is 9.24. The van der Waals surface area contributed by atoms with Crippen LogP contribution in [0.15, 0.2) is 0 Å². The van der Waals surface area contributed by atoms with Crippen molar-refractivity contribution in [1.29, 1.82) is 0 Å². The Bertz CT molecular complexity index is 242. The SMILES string of the molecule is C[C@@]1(Cl)CCC(Cl)CC(CCl)CCCCCC(Cl)C1. The average molecular weight is 348 g/mol. The van der Waals surface area contributed by atoms with E-state index in [4.69, 9.17) is 46.4 Å². The molecule has 1 fully saturated rings. The largest absolute Gasteiger partial charge is 0.126 e. The smallest absolute Gasteiger partial charge is 0.0433 e. The van der Waals surface area contributed by atoms with Gasteiger partial charge in [-0.1, -0.05) is 19.3 Å². The second kappa shape index (κ2) is 9.23. The summed E-state index contributed by atoms with van der Waals surface area (Å²) in [6.07, 6.45) is 9.71. The molecule has 1 aliphatic carbocycles. The first kappa shape index (κ1) is 18.2. The summed E-state index contributed by atoms with van der Waals surface area (Å²) in [6, 6.07) is 0. The third-order valence-corrected chi connectivity index (χ3v) is 5.61. The van der Waals surface area contributed by atoms with Gasteiger partial charge in [0.1, 0.15) is 0 Å². The van der Waals surface area contributed by atoms with Crippen LogP contribution in [0.4, 0.5) is 0 Å². The average Bonchev–Trinajstić information content (AvgIpc) is 2.34. The van der Waals surface area contributed by atoms with Gasteiger partial charge in [0, 0.05) is 21.5 Å². The molecule has 1 saturated carbocycles. The maximum atomic E-state index is 6.57. The van der Waals surface area contributed by atoms with Gasteiger partial charge in [-0.25, -0.2) is 0 Å². The van der Waals surface area contributed by atoms with Gasteiger partial charge >= 0.3 is 0 Å². The van der Waals surface area contributed by atoms with Crippen molar-refractivity contribution in [3.8, 4) is 0 Å². The fourth-order valence-electron chi connectivity index (χ4n) is 2.84. The summed E-state index contributed by atoms with van der Waals surface area (Å²) in [5.74, 6) is 1.28. The van der Waals surface area contributed by atoms with E-state index in [-0.39, 0.29) is 15.6 Å². The van der Waals surface area contributed by atoms with Crippen molar-refractivity contribution >= 4 is 46.4 Å². The number of hydrogen-bond donors (Lipinski definition) is 0. The lowest BCUT2D eigenvalue weighted by atomic mass is 9.93. The quantitative estimate of drug-likeness (QED) is 0.470. The lowest BCUT2D eigenvalue weighted by Gasteiger charge is -2.26. The molecular formula is C15H26Cl4.